The molecule has 0 saturated carbocycles. The van der Waals surface area contributed by atoms with Crippen LogP contribution in [0.4, 0.5) is 0 Å². The highest BCUT2D eigenvalue weighted by atomic mass is 16.5. The molecule has 0 bridgehead atoms. The maximum Gasteiger partial charge on any atom is 0.221 e. The molecule has 4 aromatic rings. The van der Waals surface area contributed by atoms with Crippen LogP contribution in [0.25, 0.3) is 10.9 Å². The summed E-state index contributed by atoms with van der Waals surface area (Å²) in [5.41, 5.74) is 4.25. The smallest absolute Gasteiger partial charge is 0.221 e. The van der Waals surface area contributed by atoms with E-state index in [4.69, 9.17) is 9.47 Å². The zero-order chi connectivity index (χ0) is 22.5. The molecule has 1 atom stereocenters. The minimum absolute atomic E-state index is 0.0190. The first-order valence-electron chi connectivity index (χ1n) is 10.5. The highest BCUT2D eigenvalue weighted by molar-refractivity contribution is 5.86. The summed E-state index contributed by atoms with van der Waals surface area (Å²) in [4.78, 5) is 17.0. The molecule has 6 nitrogen and oxygen atoms in total. The predicted molar refractivity (Wildman–Crippen MR) is 125 cm³/mol. The number of aromatic nitrogens is 2. The molecular formula is C26H27N3O3. The van der Waals surface area contributed by atoms with E-state index in [9.17, 15) is 4.79 Å². The van der Waals surface area contributed by atoms with E-state index in [0.29, 0.717) is 24.5 Å². The van der Waals surface area contributed by atoms with Crippen LogP contribution < -0.4 is 14.8 Å². The largest absolute Gasteiger partial charge is 0.493 e. The summed E-state index contributed by atoms with van der Waals surface area (Å²) < 4.78 is 13.0. The highest BCUT2D eigenvalue weighted by Crippen LogP contribution is 2.38. The Morgan fingerprint density at radius 2 is 1.78 bits per heavy atom. The second-order valence-electron chi connectivity index (χ2n) is 7.72. The summed E-state index contributed by atoms with van der Waals surface area (Å²) in [5.74, 6) is 1.15. The second-order valence-corrected chi connectivity index (χ2v) is 7.72. The van der Waals surface area contributed by atoms with E-state index >= 15 is 0 Å². The Bertz CT molecular complexity index is 1220. The van der Waals surface area contributed by atoms with Gasteiger partial charge in [0.05, 0.1) is 14.2 Å². The number of methoxy groups -OCH3 is 2. The lowest BCUT2D eigenvalue weighted by molar-refractivity contribution is -0.121. The van der Waals surface area contributed by atoms with Gasteiger partial charge >= 0.3 is 0 Å². The standard InChI is InChI=1S/C26H27N3O3/c1-29-17-22(20-6-4-5-7-23(20)29)21(19-8-9-24(31-2)25(14-19)32-3)15-26(30)28-16-18-10-12-27-13-11-18/h4-14,17,21H,15-16H2,1-3H3,(H,28,30). The highest BCUT2D eigenvalue weighted by Gasteiger charge is 2.23. The number of pyridine rings is 1. The van der Waals surface area contributed by atoms with Gasteiger partial charge in [0.2, 0.25) is 5.91 Å². The van der Waals surface area contributed by atoms with Crippen molar-refractivity contribution in [1.29, 1.82) is 0 Å². The van der Waals surface area contributed by atoms with Crippen LogP contribution in [0.5, 0.6) is 11.5 Å². The summed E-state index contributed by atoms with van der Waals surface area (Å²) in [5, 5.41) is 4.18. The maximum absolute atomic E-state index is 13.0. The zero-order valence-electron chi connectivity index (χ0n) is 18.5. The molecular weight excluding hydrogens is 402 g/mol. The number of hydrogen-bond donors (Lipinski definition) is 1. The number of benzene rings is 2. The van der Waals surface area contributed by atoms with Gasteiger partial charge in [-0.05, 0) is 47.0 Å². The summed E-state index contributed by atoms with van der Waals surface area (Å²) in [7, 11) is 5.27. The van der Waals surface area contributed by atoms with Crippen LogP contribution >= 0.6 is 0 Å². The number of rotatable bonds is 8. The summed E-state index contributed by atoms with van der Waals surface area (Å²) >= 11 is 0. The topological polar surface area (TPSA) is 65.4 Å². The van der Waals surface area contributed by atoms with Crippen molar-refractivity contribution in [2.45, 2.75) is 18.9 Å². The van der Waals surface area contributed by atoms with Crippen molar-refractivity contribution in [2.24, 2.45) is 7.05 Å². The molecule has 4 rings (SSSR count). The number of fused-ring (bicyclic) bond motifs is 1. The van der Waals surface area contributed by atoms with Gasteiger partial charge in [0.25, 0.3) is 0 Å². The average molecular weight is 430 g/mol. The van der Waals surface area contributed by atoms with Gasteiger partial charge in [0, 0.05) is 55.4 Å². The van der Waals surface area contributed by atoms with E-state index in [1.54, 1.807) is 26.6 Å². The summed E-state index contributed by atoms with van der Waals surface area (Å²) in [6.07, 6.45) is 5.88. The minimum Gasteiger partial charge on any atom is -0.493 e. The molecule has 2 heterocycles. The van der Waals surface area contributed by atoms with E-state index in [-0.39, 0.29) is 11.8 Å². The van der Waals surface area contributed by atoms with Crippen molar-refractivity contribution in [1.82, 2.24) is 14.9 Å². The van der Waals surface area contributed by atoms with Gasteiger partial charge < -0.3 is 19.4 Å². The lowest BCUT2D eigenvalue weighted by Gasteiger charge is -2.19. The number of nitrogens with one attached hydrogen (secondary N) is 1. The Labute approximate surface area is 187 Å². The van der Waals surface area contributed by atoms with Gasteiger partial charge in [0.15, 0.2) is 11.5 Å². The lowest BCUT2D eigenvalue weighted by Crippen LogP contribution is -2.25. The van der Waals surface area contributed by atoms with E-state index in [2.05, 4.69) is 33.2 Å². The number of nitrogens with zero attached hydrogens (tertiary/aromatic N) is 2. The maximum atomic E-state index is 13.0. The number of aryl methyl sites for hydroxylation is 1. The van der Waals surface area contributed by atoms with Crippen molar-refractivity contribution in [3.63, 3.8) is 0 Å². The lowest BCUT2D eigenvalue weighted by atomic mass is 9.87. The van der Waals surface area contributed by atoms with E-state index in [0.717, 1.165) is 27.6 Å². The van der Waals surface area contributed by atoms with Crippen LogP contribution in [0.15, 0.2) is 73.2 Å². The second kappa shape index (κ2) is 9.56. The molecule has 164 valence electrons. The van der Waals surface area contributed by atoms with Crippen molar-refractivity contribution < 1.29 is 14.3 Å². The quantitative estimate of drug-likeness (QED) is 0.450. The molecule has 0 aliphatic heterocycles. The van der Waals surface area contributed by atoms with Gasteiger partial charge in [-0.2, -0.15) is 0 Å². The van der Waals surface area contributed by atoms with Crippen molar-refractivity contribution >= 4 is 16.8 Å². The Kier molecular flexibility index (Phi) is 6.40. The third-order valence-corrected chi connectivity index (χ3v) is 5.74. The van der Waals surface area contributed by atoms with Crippen molar-refractivity contribution in [2.75, 3.05) is 14.2 Å². The van der Waals surface area contributed by atoms with E-state index in [1.807, 2.05) is 49.5 Å². The SMILES string of the molecule is COc1ccc(C(CC(=O)NCc2ccncc2)c2cn(C)c3ccccc23)cc1OC. The molecule has 0 aliphatic carbocycles. The van der Waals surface area contributed by atoms with E-state index < -0.39 is 0 Å². The number of amides is 1. The van der Waals surface area contributed by atoms with Crippen LogP contribution in [0.1, 0.15) is 29.0 Å². The number of para-hydroxylation sites is 1. The molecule has 1 unspecified atom stereocenters. The normalized spacial score (nSPS) is 11.8. The Morgan fingerprint density at radius 1 is 1.03 bits per heavy atom. The van der Waals surface area contributed by atoms with Gasteiger partial charge in [-0.25, -0.2) is 0 Å². The molecule has 2 aromatic heterocycles. The molecule has 0 fully saturated rings. The number of carbonyl (C=O) groups is 1. The molecule has 6 heteroatoms. The van der Waals surface area contributed by atoms with Crippen LogP contribution in [0, 0.1) is 0 Å². The average Bonchev–Trinajstić information content (AvgIpc) is 3.17. The molecule has 1 amide bonds. The minimum atomic E-state index is -0.140. The van der Waals surface area contributed by atoms with Crippen LogP contribution in [-0.2, 0) is 18.4 Å². The number of hydrogen-bond acceptors (Lipinski definition) is 4. The van der Waals surface area contributed by atoms with Gasteiger partial charge in [-0.1, -0.05) is 24.3 Å². The Morgan fingerprint density at radius 3 is 2.53 bits per heavy atom. The number of ether oxygens (including phenoxy) is 2. The summed E-state index contributed by atoms with van der Waals surface area (Å²) in [6, 6.07) is 17.9. The van der Waals surface area contributed by atoms with Gasteiger partial charge in [-0.15, -0.1) is 0 Å². The van der Waals surface area contributed by atoms with Crippen molar-refractivity contribution in [3.05, 3.63) is 89.9 Å². The monoisotopic (exact) mass is 429 g/mol. The molecule has 0 aliphatic rings. The molecule has 0 saturated heterocycles. The van der Waals surface area contributed by atoms with Crippen LogP contribution in [0.3, 0.4) is 0 Å². The molecule has 1 N–H and O–H groups in total. The molecule has 32 heavy (non-hydrogen) atoms. The fourth-order valence-electron chi connectivity index (χ4n) is 4.09. The summed E-state index contributed by atoms with van der Waals surface area (Å²) in [6.45, 7) is 0.468. The third kappa shape index (κ3) is 4.44. The van der Waals surface area contributed by atoms with Crippen LogP contribution in [-0.4, -0.2) is 29.7 Å². The molecule has 2 aromatic carbocycles. The third-order valence-electron chi connectivity index (χ3n) is 5.74. The molecule has 0 spiro atoms. The fraction of sp³-hybridized carbons (Fsp3) is 0.231. The zero-order valence-corrected chi connectivity index (χ0v) is 18.5. The van der Waals surface area contributed by atoms with Crippen LogP contribution in [0.2, 0.25) is 0 Å². The first kappa shape index (κ1) is 21.4. The fourth-order valence-corrected chi connectivity index (χ4v) is 4.09. The number of carbonyl (C=O) groups excluding carboxylic acids is 1. The van der Waals surface area contributed by atoms with E-state index in [1.165, 1.54) is 0 Å². The van der Waals surface area contributed by atoms with Gasteiger partial charge in [-0.3, -0.25) is 9.78 Å². The molecule has 0 radical (unpaired) electrons. The Hall–Kier alpha value is -3.80. The first-order valence-corrected chi connectivity index (χ1v) is 10.5. The van der Waals surface area contributed by atoms with Crippen molar-refractivity contribution in [3.8, 4) is 11.5 Å². The van der Waals surface area contributed by atoms with Gasteiger partial charge in [0.1, 0.15) is 0 Å². The Balaban J connectivity index is 1.69. The predicted octanol–water partition coefficient (Wildman–Crippen LogP) is 4.43. The first-order chi connectivity index (χ1) is 15.6.